The summed E-state index contributed by atoms with van der Waals surface area (Å²) >= 11 is 1.65. The summed E-state index contributed by atoms with van der Waals surface area (Å²) in [6, 6.07) is 7.69. The van der Waals surface area contributed by atoms with E-state index in [1.54, 1.807) is 17.3 Å². The van der Waals surface area contributed by atoms with E-state index in [2.05, 4.69) is 10.2 Å². The Labute approximate surface area is 80.7 Å². The Morgan fingerprint density at radius 2 is 2.00 bits per heavy atom. The zero-order valence-electron chi connectivity index (χ0n) is 6.97. The highest BCUT2D eigenvalue weighted by atomic mass is 32.2. The van der Waals surface area contributed by atoms with Gasteiger partial charge in [0.05, 0.1) is 11.3 Å². The normalized spacial score (nSPS) is 15.5. The van der Waals surface area contributed by atoms with Crippen molar-refractivity contribution in [2.45, 2.75) is 0 Å². The first kappa shape index (κ1) is 8.31. The van der Waals surface area contributed by atoms with Crippen molar-refractivity contribution in [1.82, 2.24) is 0 Å². The number of hydrogen-bond donors (Lipinski definition) is 1. The van der Waals surface area contributed by atoms with Crippen molar-refractivity contribution in [3.8, 4) is 0 Å². The molecule has 1 heterocycles. The third kappa shape index (κ3) is 1.89. The third-order valence-corrected chi connectivity index (χ3v) is 2.45. The van der Waals surface area contributed by atoms with Crippen LogP contribution in [0.5, 0.6) is 0 Å². The first-order valence-electron chi connectivity index (χ1n) is 3.92. The van der Waals surface area contributed by atoms with Crippen molar-refractivity contribution in [1.29, 1.82) is 0 Å². The van der Waals surface area contributed by atoms with Crippen molar-refractivity contribution in [2.75, 3.05) is 11.5 Å². The van der Waals surface area contributed by atoms with E-state index in [0.717, 1.165) is 22.7 Å². The standard InChI is InChI=1S/C9H9N3S/c10-8-3-1-7(2-4-8)9-5-13-6-11-12-9/h1-4,6H,5,10H2. The summed E-state index contributed by atoms with van der Waals surface area (Å²) in [5, 5.41) is 7.91. The van der Waals surface area contributed by atoms with Gasteiger partial charge in [-0.3, -0.25) is 0 Å². The Kier molecular flexibility index (Phi) is 2.31. The van der Waals surface area contributed by atoms with E-state index >= 15 is 0 Å². The summed E-state index contributed by atoms with van der Waals surface area (Å²) < 4.78 is 0. The molecule has 13 heavy (non-hydrogen) atoms. The molecule has 2 rings (SSSR count). The monoisotopic (exact) mass is 191 g/mol. The van der Waals surface area contributed by atoms with Gasteiger partial charge in [-0.15, -0.1) is 11.8 Å². The summed E-state index contributed by atoms with van der Waals surface area (Å²) in [6.07, 6.45) is 0. The van der Waals surface area contributed by atoms with Crippen LogP contribution in [0, 0.1) is 0 Å². The molecular formula is C9H9N3S. The molecule has 3 nitrogen and oxygen atoms in total. The highest BCUT2D eigenvalue weighted by molar-refractivity contribution is 8.12. The molecule has 66 valence electrons. The molecule has 0 saturated heterocycles. The smallest absolute Gasteiger partial charge is 0.0828 e. The minimum Gasteiger partial charge on any atom is -0.399 e. The lowest BCUT2D eigenvalue weighted by Crippen LogP contribution is -2.06. The summed E-state index contributed by atoms with van der Waals surface area (Å²) in [7, 11) is 0. The van der Waals surface area contributed by atoms with Crippen LogP contribution in [-0.2, 0) is 0 Å². The molecule has 1 aliphatic rings. The molecule has 1 aliphatic heterocycles. The molecule has 0 bridgehead atoms. The summed E-state index contributed by atoms with van der Waals surface area (Å²) in [5.74, 6) is 0.882. The molecule has 1 aromatic carbocycles. The fourth-order valence-electron chi connectivity index (χ4n) is 1.09. The lowest BCUT2D eigenvalue weighted by atomic mass is 10.1. The van der Waals surface area contributed by atoms with Gasteiger partial charge in [-0.05, 0) is 17.7 Å². The number of anilines is 1. The minimum absolute atomic E-state index is 0.774. The zero-order chi connectivity index (χ0) is 9.10. The summed E-state index contributed by atoms with van der Waals surface area (Å²) in [4.78, 5) is 0. The first-order valence-corrected chi connectivity index (χ1v) is 4.97. The number of hydrogen-bond acceptors (Lipinski definition) is 4. The highest BCUT2D eigenvalue weighted by Crippen LogP contribution is 2.12. The van der Waals surface area contributed by atoms with Gasteiger partial charge in [-0.1, -0.05) is 12.1 Å². The van der Waals surface area contributed by atoms with Gasteiger partial charge in [0.15, 0.2) is 0 Å². The zero-order valence-corrected chi connectivity index (χ0v) is 7.79. The maximum Gasteiger partial charge on any atom is 0.0828 e. The van der Waals surface area contributed by atoms with E-state index in [1.807, 2.05) is 24.3 Å². The Balaban J connectivity index is 2.30. The quantitative estimate of drug-likeness (QED) is 0.687. The van der Waals surface area contributed by atoms with E-state index < -0.39 is 0 Å². The molecule has 2 N–H and O–H groups in total. The van der Waals surface area contributed by atoms with Crippen LogP contribution >= 0.6 is 11.8 Å². The van der Waals surface area contributed by atoms with E-state index in [0.29, 0.717) is 0 Å². The van der Waals surface area contributed by atoms with Crippen LogP contribution in [0.2, 0.25) is 0 Å². The molecular weight excluding hydrogens is 182 g/mol. The Morgan fingerprint density at radius 3 is 2.62 bits per heavy atom. The maximum atomic E-state index is 5.58. The van der Waals surface area contributed by atoms with Gasteiger partial charge >= 0.3 is 0 Å². The van der Waals surface area contributed by atoms with Gasteiger partial charge in [0.2, 0.25) is 0 Å². The van der Waals surface area contributed by atoms with Gasteiger partial charge in [-0.25, -0.2) is 0 Å². The van der Waals surface area contributed by atoms with Crippen molar-refractivity contribution in [3.05, 3.63) is 29.8 Å². The van der Waals surface area contributed by atoms with Gasteiger partial charge in [-0.2, -0.15) is 10.2 Å². The number of nitrogen functional groups attached to an aromatic ring is 1. The number of thioether (sulfide) groups is 1. The molecule has 0 atom stereocenters. The molecule has 0 aromatic heterocycles. The minimum atomic E-state index is 0.774. The average Bonchev–Trinajstić information content (AvgIpc) is 2.20. The van der Waals surface area contributed by atoms with Crippen LogP contribution in [0.4, 0.5) is 5.69 Å². The fourth-order valence-corrected chi connectivity index (χ4v) is 1.66. The predicted octanol–water partition coefficient (Wildman–Crippen LogP) is 1.75. The molecule has 0 unspecified atom stereocenters. The van der Waals surface area contributed by atoms with Gasteiger partial charge in [0, 0.05) is 11.4 Å². The van der Waals surface area contributed by atoms with Crippen LogP contribution in [0.1, 0.15) is 5.56 Å². The molecule has 0 saturated carbocycles. The van der Waals surface area contributed by atoms with Gasteiger partial charge in [0.25, 0.3) is 0 Å². The summed E-state index contributed by atoms with van der Waals surface area (Å²) in [5.41, 5.74) is 10.2. The second kappa shape index (κ2) is 3.62. The van der Waals surface area contributed by atoms with E-state index in [-0.39, 0.29) is 0 Å². The van der Waals surface area contributed by atoms with Gasteiger partial charge in [0.1, 0.15) is 0 Å². The summed E-state index contributed by atoms with van der Waals surface area (Å²) in [6.45, 7) is 0. The molecule has 0 aliphatic carbocycles. The van der Waals surface area contributed by atoms with Crippen molar-refractivity contribution in [3.63, 3.8) is 0 Å². The molecule has 0 spiro atoms. The average molecular weight is 191 g/mol. The van der Waals surface area contributed by atoms with Crippen LogP contribution < -0.4 is 5.73 Å². The Bertz CT molecular complexity index is 354. The van der Waals surface area contributed by atoms with Crippen molar-refractivity contribution < 1.29 is 0 Å². The highest BCUT2D eigenvalue weighted by Gasteiger charge is 2.05. The molecule has 1 aromatic rings. The van der Waals surface area contributed by atoms with Gasteiger partial charge < -0.3 is 5.73 Å². The number of rotatable bonds is 1. The van der Waals surface area contributed by atoms with Crippen LogP contribution in [0.25, 0.3) is 0 Å². The van der Waals surface area contributed by atoms with E-state index in [1.165, 1.54) is 0 Å². The number of nitrogens with two attached hydrogens (primary N) is 1. The predicted molar refractivity (Wildman–Crippen MR) is 58.3 cm³/mol. The van der Waals surface area contributed by atoms with Crippen LogP contribution in [0.15, 0.2) is 34.5 Å². The lowest BCUT2D eigenvalue weighted by molar-refractivity contribution is 1.24. The van der Waals surface area contributed by atoms with E-state index in [9.17, 15) is 0 Å². The first-order chi connectivity index (χ1) is 6.36. The SMILES string of the molecule is Nc1ccc(C2=NN=CSC2)cc1. The van der Waals surface area contributed by atoms with Crippen LogP contribution in [-0.4, -0.2) is 17.0 Å². The lowest BCUT2D eigenvalue weighted by Gasteiger charge is -2.05. The van der Waals surface area contributed by atoms with Crippen molar-refractivity contribution in [2.24, 2.45) is 10.2 Å². The Morgan fingerprint density at radius 1 is 1.23 bits per heavy atom. The number of nitrogens with zero attached hydrogens (tertiary/aromatic N) is 2. The van der Waals surface area contributed by atoms with E-state index in [4.69, 9.17) is 5.73 Å². The second-order valence-corrected chi connectivity index (χ2v) is 3.53. The molecule has 0 amide bonds. The second-order valence-electron chi connectivity index (χ2n) is 2.70. The van der Waals surface area contributed by atoms with Crippen molar-refractivity contribution >= 4 is 28.7 Å². The Hall–Kier alpha value is -1.29. The molecule has 0 fully saturated rings. The largest absolute Gasteiger partial charge is 0.399 e. The maximum absolute atomic E-state index is 5.58. The number of benzene rings is 1. The fraction of sp³-hybridized carbons (Fsp3) is 0.111. The molecule has 0 radical (unpaired) electrons. The third-order valence-electron chi connectivity index (χ3n) is 1.76. The topological polar surface area (TPSA) is 50.7 Å². The molecule has 4 heteroatoms. The van der Waals surface area contributed by atoms with Crippen LogP contribution in [0.3, 0.4) is 0 Å².